The van der Waals surface area contributed by atoms with Crippen LogP contribution < -0.4 is 10.6 Å². The summed E-state index contributed by atoms with van der Waals surface area (Å²) in [6, 6.07) is 3.86. The molecule has 0 atom stereocenters. The molecule has 0 unspecified atom stereocenters. The molecule has 1 heterocycles. The maximum absolute atomic E-state index is 12.3. The molecule has 1 aliphatic carbocycles. The van der Waals surface area contributed by atoms with Crippen molar-refractivity contribution in [2.24, 2.45) is 0 Å². The quantitative estimate of drug-likeness (QED) is 0.787. The van der Waals surface area contributed by atoms with Crippen LogP contribution in [-0.2, 0) is 0 Å². The molecule has 4 nitrogen and oxygen atoms in total. The highest BCUT2D eigenvalue weighted by atomic mass is 16.1. The predicted octanol–water partition coefficient (Wildman–Crippen LogP) is 3.52. The molecule has 0 aliphatic heterocycles. The third-order valence-electron chi connectivity index (χ3n) is 3.59. The van der Waals surface area contributed by atoms with Gasteiger partial charge in [-0.25, -0.2) is 4.98 Å². The average Bonchev–Trinajstić information content (AvgIpc) is 2.48. The van der Waals surface area contributed by atoms with Crippen LogP contribution in [0, 0.1) is 0 Å². The van der Waals surface area contributed by atoms with E-state index in [1.165, 1.54) is 31.3 Å². The Bertz CT molecular complexity index is 509. The summed E-state index contributed by atoms with van der Waals surface area (Å²) >= 11 is 0. The molecule has 0 spiro atoms. The number of anilines is 1. The first-order chi connectivity index (χ1) is 10.2. The minimum Gasteiger partial charge on any atom is -0.367 e. The SMILES string of the molecule is CC(C)Nc1ncccc1C(=O)NCCC1=CCCCC1. The number of carbonyl (C=O) groups is 1. The Morgan fingerprint density at radius 1 is 1.38 bits per heavy atom. The number of allylic oxidation sites excluding steroid dienone is 1. The Morgan fingerprint density at radius 2 is 2.24 bits per heavy atom. The van der Waals surface area contributed by atoms with Crippen molar-refractivity contribution >= 4 is 11.7 Å². The van der Waals surface area contributed by atoms with Gasteiger partial charge in [0.15, 0.2) is 0 Å². The summed E-state index contributed by atoms with van der Waals surface area (Å²) in [6.07, 6.45) is 9.94. The number of amides is 1. The van der Waals surface area contributed by atoms with Crippen LogP contribution in [0.5, 0.6) is 0 Å². The second-order valence-corrected chi connectivity index (χ2v) is 5.81. The van der Waals surface area contributed by atoms with Gasteiger partial charge in [-0.3, -0.25) is 4.79 Å². The lowest BCUT2D eigenvalue weighted by molar-refractivity contribution is 0.0954. The fourth-order valence-electron chi connectivity index (χ4n) is 2.54. The van der Waals surface area contributed by atoms with E-state index in [1.807, 2.05) is 19.9 Å². The van der Waals surface area contributed by atoms with Crippen molar-refractivity contribution in [1.29, 1.82) is 0 Å². The summed E-state index contributed by atoms with van der Waals surface area (Å²) in [5, 5.41) is 6.21. The summed E-state index contributed by atoms with van der Waals surface area (Å²) < 4.78 is 0. The Hall–Kier alpha value is -1.84. The molecule has 4 heteroatoms. The second kappa shape index (κ2) is 7.81. The highest BCUT2D eigenvalue weighted by Gasteiger charge is 2.12. The van der Waals surface area contributed by atoms with Gasteiger partial charge in [-0.2, -0.15) is 0 Å². The van der Waals surface area contributed by atoms with Crippen LogP contribution in [0.3, 0.4) is 0 Å². The van der Waals surface area contributed by atoms with Gasteiger partial charge in [0.1, 0.15) is 5.82 Å². The number of hydrogen-bond donors (Lipinski definition) is 2. The summed E-state index contributed by atoms with van der Waals surface area (Å²) in [6.45, 7) is 4.76. The van der Waals surface area contributed by atoms with Gasteiger partial charge in [-0.15, -0.1) is 0 Å². The smallest absolute Gasteiger partial charge is 0.255 e. The van der Waals surface area contributed by atoms with Crippen molar-refractivity contribution in [2.45, 2.75) is 52.0 Å². The van der Waals surface area contributed by atoms with Gasteiger partial charge in [0.2, 0.25) is 0 Å². The van der Waals surface area contributed by atoms with E-state index in [4.69, 9.17) is 0 Å². The first-order valence-electron chi connectivity index (χ1n) is 7.84. The van der Waals surface area contributed by atoms with Gasteiger partial charge in [0.05, 0.1) is 5.56 Å². The lowest BCUT2D eigenvalue weighted by Gasteiger charge is -2.15. The molecule has 1 amide bonds. The maximum atomic E-state index is 12.3. The van der Waals surface area contributed by atoms with Gasteiger partial charge < -0.3 is 10.6 Å². The number of hydrogen-bond acceptors (Lipinski definition) is 3. The molecular weight excluding hydrogens is 262 g/mol. The van der Waals surface area contributed by atoms with Crippen LogP contribution >= 0.6 is 0 Å². The Labute approximate surface area is 127 Å². The fourth-order valence-corrected chi connectivity index (χ4v) is 2.54. The number of carbonyl (C=O) groups excluding carboxylic acids is 1. The molecule has 2 N–H and O–H groups in total. The molecule has 21 heavy (non-hydrogen) atoms. The van der Waals surface area contributed by atoms with Crippen molar-refractivity contribution in [3.63, 3.8) is 0 Å². The van der Waals surface area contributed by atoms with Crippen molar-refractivity contribution < 1.29 is 4.79 Å². The predicted molar refractivity (Wildman–Crippen MR) is 86.5 cm³/mol. The van der Waals surface area contributed by atoms with E-state index < -0.39 is 0 Å². The Balaban J connectivity index is 1.89. The van der Waals surface area contributed by atoms with E-state index in [9.17, 15) is 4.79 Å². The van der Waals surface area contributed by atoms with E-state index in [0.29, 0.717) is 17.9 Å². The first kappa shape index (κ1) is 15.5. The van der Waals surface area contributed by atoms with Crippen LogP contribution in [0.2, 0.25) is 0 Å². The molecule has 114 valence electrons. The lowest BCUT2D eigenvalue weighted by atomic mass is 9.97. The summed E-state index contributed by atoms with van der Waals surface area (Å²) in [5.74, 6) is 0.601. The number of nitrogens with one attached hydrogen (secondary N) is 2. The highest BCUT2D eigenvalue weighted by molar-refractivity contribution is 5.98. The van der Waals surface area contributed by atoms with E-state index >= 15 is 0 Å². The molecule has 0 saturated heterocycles. The Morgan fingerprint density at radius 3 is 2.95 bits per heavy atom. The first-order valence-corrected chi connectivity index (χ1v) is 7.84. The fraction of sp³-hybridized carbons (Fsp3) is 0.529. The van der Waals surface area contributed by atoms with Crippen LogP contribution in [0.1, 0.15) is 56.3 Å². The molecule has 1 aromatic heterocycles. The molecule has 0 fully saturated rings. The van der Waals surface area contributed by atoms with Crippen molar-refractivity contribution in [3.8, 4) is 0 Å². The molecule has 0 radical (unpaired) electrons. The minimum absolute atomic E-state index is 0.0531. The molecule has 0 saturated carbocycles. The minimum atomic E-state index is -0.0531. The topological polar surface area (TPSA) is 54.0 Å². The third kappa shape index (κ3) is 4.88. The van der Waals surface area contributed by atoms with Gasteiger partial charge in [0, 0.05) is 18.8 Å². The molecule has 0 bridgehead atoms. The van der Waals surface area contributed by atoms with E-state index in [0.717, 1.165) is 6.42 Å². The summed E-state index contributed by atoms with van der Waals surface area (Å²) in [4.78, 5) is 16.5. The Kier molecular flexibility index (Phi) is 5.78. The van der Waals surface area contributed by atoms with Gasteiger partial charge >= 0.3 is 0 Å². The van der Waals surface area contributed by atoms with Crippen LogP contribution in [0.15, 0.2) is 30.0 Å². The highest BCUT2D eigenvalue weighted by Crippen LogP contribution is 2.19. The number of nitrogens with zero attached hydrogens (tertiary/aromatic N) is 1. The van der Waals surface area contributed by atoms with Crippen molar-refractivity contribution in [2.75, 3.05) is 11.9 Å². The van der Waals surface area contributed by atoms with Crippen molar-refractivity contribution in [1.82, 2.24) is 10.3 Å². The monoisotopic (exact) mass is 287 g/mol. The summed E-state index contributed by atoms with van der Waals surface area (Å²) in [5.41, 5.74) is 2.09. The summed E-state index contributed by atoms with van der Waals surface area (Å²) in [7, 11) is 0. The van der Waals surface area contributed by atoms with Crippen molar-refractivity contribution in [3.05, 3.63) is 35.5 Å². The standard InChI is InChI=1S/C17H25N3O/c1-13(2)20-16-15(9-6-11-18-16)17(21)19-12-10-14-7-4-3-5-8-14/h6-7,9,11,13H,3-5,8,10,12H2,1-2H3,(H,18,20)(H,19,21). The zero-order valence-electron chi connectivity index (χ0n) is 13.0. The van der Waals surface area contributed by atoms with E-state index in [-0.39, 0.29) is 11.9 Å². The molecule has 2 rings (SSSR count). The van der Waals surface area contributed by atoms with E-state index in [1.54, 1.807) is 12.3 Å². The zero-order valence-corrected chi connectivity index (χ0v) is 13.0. The van der Waals surface area contributed by atoms with Gasteiger partial charge in [-0.05, 0) is 58.1 Å². The maximum Gasteiger partial charge on any atom is 0.255 e. The number of aromatic nitrogens is 1. The largest absolute Gasteiger partial charge is 0.367 e. The van der Waals surface area contributed by atoms with E-state index in [2.05, 4.69) is 21.7 Å². The normalized spacial score (nSPS) is 14.7. The lowest BCUT2D eigenvalue weighted by Crippen LogP contribution is -2.27. The molecule has 1 aliphatic rings. The molecule has 0 aromatic carbocycles. The van der Waals surface area contributed by atoms with Gasteiger partial charge in [0.25, 0.3) is 5.91 Å². The van der Waals surface area contributed by atoms with Gasteiger partial charge in [-0.1, -0.05) is 11.6 Å². The number of pyridine rings is 1. The zero-order chi connectivity index (χ0) is 15.1. The second-order valence-electron chi connectivity index (χ2n) is 5.81. The van der Waals surface area contributed by atoms with Crippen LogP contribution in [0.25, 0.3) is 0 Å². The third-order valence-corrected chi connectivity index (χ3v) is 3.59. The van der Waals surface area contributed by atoms with Crippen LogP contribution in [0.4, 0.5) is 5.82 Å². The molecular formula is C17H25N3O. The van der Waals surface area contributed by atoms with Crippen LogP contribution in [-0.4, -0.2) is 23.5 Å². The average molecular weight is 287 g/mol. The molecule has 1 aromatic rings. The number of rotatable bonds is 6.